The van der Waals surface area contributed by atoms with Crippen LogP contribution in [0.5, 0.6) is 0 Å². The molecule has 3 rings (SSSR count). The minimum Gasteiger partial charge on any atom is -0.463 e. The van der Waals surface area contributed by atoms with E-state index in [4.69, 9.17) is 17.0 Å². The summed E-state index contributed by atoms with van der Waals surface area (Å²) in [7, 11) is 0. The summed E-state index contributed by atoms with van der Waals surface area (Å²) in [4.78, 5) is 27.5. The molecule has 0 aliphatic carbocycles. The van der Waals surface area contributed by atoms with Gasteiger partial charge in [-0.1, -0.05) is 50.5 Å². The standard InChI is InChI=1S/C29H37N3O3S/c1-5-8-9-10-11-21-12-14-23(15-13-21)27(33)30-24-18-16-22(17-19-24)26-25(28(34)35-7-3)20(4)32(6-2)29(36)31-26/h12-19,26H,5-11H2,1-4H3,(H,30,33)(H,31,36). The fourth-order valence-corrected chi connectivity index (χ4v) is 4.81. The van der Waals surface area contributed by atoms with Crippen molar-refractivity contribution in [1.29, 1.82) is 0 Å². The van der Waals surface area contributed by atoms with Gasteiger partial charge in [0.25, 0.3) is 5.91 Å². The Hall–Kier alpha value is -3.19. The van der Waals surface area contributed by atoms with Gasteiger partial charge < -0.3 is 20.3 Å². The van der Waals surface area contributed by atoms with Crippen LogP contribution in [0.4, 0.5) is 5.69 Å². The summed E-state index contributed by atoms with van der Waals surface area (Å²) < 4.78 is 5.33. The van der Waals surface area contributed by atoms with E-state index in [-0.39, 0.29) is 11.9 Å². The van der Waals surface area contributed by atoms with Gasteiger partial charge in [0, 0.05) is 23.5 Å². The second-order valence-electron chi connectivity index (χ2n) is 8.93. The Morgan fingerprint density at radius 2 is 1.69 bits per heavy atom. The number of hydrogen-bond donors (Lipinski definition) is 2. The predicted molar refractivity (Wildman–Crippen MR) is 149 cm³/mol. The molecule has 1 unspecified atom stereocenters. The van der Waals surface area contributed by atoms with E-state index in [0.29, 0.717) is 35.1 Å². The number of nitrogens with one attached hydrogen (secondary N) is 2. The molecular weight excluding hydrogens is 470 g/mol. The zero-order valence-corrected chi connectivity index (χ0v) is 22.5. The van der Waals surface area contributed by atoms with Crippen molar-refractivity contribution >= 4 is 34.9 Å². The van der Waals surface area contributed by atoms with Crippen molar-refractivity contribution in [3.05, 3.63) is 76.5 Å². The lowest BCUT2D eigenvalue weighted by Gasteiger charge is -2.37. The first-order valence-corrected chi connectivity index (χ1v) is 13.3. The van der Waals surface area contributed by atoms with Crippen LogP contribution in [0.1, 0.15) is 80.9 Å². The van der Waals surface area contributed by atoms with Crippen molar-refractivity contribution in [1.82, 2.24) is 10.2 Å². The Labute approximate surface area is 220 Å². The highest BCUT2D eigenvalue weighted by molar-refractivity contribution is 7.80. The third-order valence-corrected chi connectivity index (χ3v) is 6.78. The summed E-state index contributed by atoms with van der Waals surface area (Å²) in [6, 6.07) is 14.9. The van der Waals surface area contributed by atoms with Gasteiger partial charge in [-0.05, 0) is 81.2 Å². The van der Waals surface area contributed by atoms with Crippen LogP contribution in [0.2, 0.25) is 0 Å². The van der Waals surface area contributed by atoms with Crippen molar-refractivity contribution in [2.24, 2.45) is 0 Å². The summed E-state index contributed by atoms with van der Waals surface area (Å²) in [6.07, 6.45) is 5.95. The summed E-state index contributed by atoms with van der Waals surface area (Å²) in [5.41, 5.74) is 4.75. The average molecular weight is 508 g/mol. The molecule has 2 N–H and O–H groups in total. The van der Waals surface area contributed by atoms with Crippen LogP contribution >= 0.6 is 12.2 Å². The summed E-state index contributed by atoms with van der Waals surface area (Å²) in [6.45, 7) is 8.82. The lowest BCUT2D eigenvalue weighted by atomic mass is 9.95. The molecular formula is C29H37N3O3S. The van der Waals surface area contributed by atoms with Crippen LogP contribution in [-0.2, 0) is 16.0 Å². The quantitative estimate of drug-likeness (QED) is 0.216. The molecule has 1 aliphatic rings. The zero-order chi connectivity index (χ0) is 26.1. The van der Waals surface area contributed by atoms with Gasteiger partial charge in [0.1, 0.15) is 0 Å². The molecule has 0 saturated carbocycles. The van der Waals surface area contributed by atoms with Crippen LogP contribution in [-0.4, -0.2) is 35.0 Å². The molecule has 1 aliphatic heterocycles. The zero-order valence-electron chi connectivity index (χ0n) is 21.7. The summed E-state index contributed by atoms with van der Waals surface area (Å²) >= 11 is 5.54. The fourth-order valence-electron chi connectivity index (χ4n) is 4.43. The van der Waals surface area contributed by atoms with Gasteiger partial charge in [0.05, 0.1) is 18.2 Å². The first-order chi connectivity index (χ1) is 17.4. The van der Waals surface area contributed by atoms with E-state index in [9.17, 15) is 9.59 Å². The van der Waals surface area contributed by atoms with Gasteiger partial charge >= 0.3 is 5.97 Å². The fraction of sp³-hybridized carbons (Fsp3) is 0.414. The minimum atomic E-state index is -0.422. The third kappa shape index (κ3) is 6.72. The number of allylic oxidation sites excluding steroid dienone is 1. The Kier molecular flexibility index (Phi) is 10.1. The monoisotopic (exact) mass is 507 g/mol. The van der Waals surface area contributed by atoms with Crippen LogP contribution < -0.4 is 10.6 Å². The van der Waals surface area contributed by atoms with Gasteiger partial charge in [-0.2, -0.15) is 0 Å². The maximum absolute atomic E-state index is 12.8. The molecule has 1 amide bonds. The van der Waals surface area contributed by atoms with E-state index in [1.54, 1.807) is 6.92 Å². The summed E-state index contributed by atoms with van der Waals surface area (Å²) in [5, 5.41) is 6.81. The molecule has 2 aromatic carbocycles. The molecule has 192 valence electrons. The number of aryl methyl sites for hydroxylation is 1. The number of benzene rings is 2. The number of unbranched alkanes of at least 4 members (excludes halogenated alkanes) is 3. The van der Waals surface area contributed by atoms with E-state index in [2.05, 4.69) is 17.6 Å². The van der Waals surface area contributed by atoms with Gasteiger partial charge in [0.15, 0.2) is 5.11 Å². The summed E-state index contributed by atoms with van der Waals surface area (Å²) in [5.74, 6) is -0.515. The largest absolute Gasteiger partial charge is 0.463 e. The van der Waals surface area contributed by atoms with Crippen molar-refractivity contribution in [2.45, 2.75) is 65.8 Å². The van der Waals surface area contributed by atoms with Crippen LogP contribution in [0, 0.1) is 0 Å². The van der Waals surface area contributed by atoms with Crippen LogP contribution in [0.25, 0.3) is 0 Å². The van der Waals surface area contributed by atoms with Gasteiger partial charge in [-0.3, -0.25) is 4.79 Å². The highest BCUT2D eigenvalue weighted by atomic mass is 32.1. The van der Waals surface area contributed by atoms with Crippen molar-refractivity contribution in [2.75, 3.05) is 18.5 Å². The Morgan fingerprint density at radius 1 is 1.00 bits per heavy atom. The molecule has 0 spiro atoms. The second kappa shape index (κ2) is 13.2. The van der Waals surface area contributed by atoms with E-state index < -0.39 is 6.04 Å². The number of anilines is 1. The number of rotatable bonds is 11. The van der Waals surface area contributed by atoms with Gasteiger partial charge in [-0.25, -0.2) is 4.79 Å². The van der Waals surface area contributed by atoms with Crippen LogP contribution in [0.3, 0.4) is 0 Å². The second-order valence-corrected chi connectivity index (χ2v) is 9.32. The number of carbonyl (C=O) groups is 2. The third-order valence-electron chi connectivity index (χ3n) is 6.44. The lowest BCUT2D eigenvalue weighted by Crippen LogP contribution is -2.47. The molecule has 0 bridgehead atoms. The Bertz CT molecular complexity index is 1090. The number of ether oxygens (including phenoxy) is 1. The highest BCUT2D eigenvalue weighted by Crippen LogP contribution is 2.32. The van der Waals surface area contributed by atoms with Crippen molar-refractivity contribution in [3.63, 3.8) is 0 Å². The van der Waals surface area contributed by atoms with E-state index in [0.717, 1.165) is 17.7 Å². The van der Waals surface area contributed by atoms with Gasteiger partial charge in [-0.15, -0.1) is 0 Å². The average Bonchev–Trinajstić information content (AvgIpc) is 2.87. The van der Waals surface area contributed by atoms with Crippen molar-refractivity contribution in [3.8, 4) is 0 Å². The maximum Gasteiger partial charge on any atom is 0.338 e. The number of esters is 1. The highest BCUT2D eigenvalue weighted by Gasteiger charge is 2.34. The number of hydrogen-bond acceptors (Lipinski definition) is 4. The van der Waals surface area contributed by atoms with Crippen molar-refractivity contribution < 1.29 is 14.3 Å². The number of thiocarbonyl (C=S) groups is 1. The SMILES string of the molecule is CCCCCCc1ccc(C(=O)Nc2ccc(C3NC(=S)N(CC)C(C)=C3C(=O)OCC)cc2)cc1. The Morgan fingerprint density at radius 3 is 2.31 bits per heavy atom. The number of nitrogens with zero attached hydrogens (tertiary/aromatic N) is 1. The topological polar surface area (TPSA) is 70.7 Å². The van der Waals surface area contributed by atoms with E-state index in [1.807, 2.05) is 67.3 Å². The molecule has 0 fully saturated rings. The molecule has 0 saturated heterocycles. The molecule has 36 heavy (non-hydrogen) atoms. The molecule has 6 nitrogen and oxygen atoms in total. The molecule has 2 aromatic rings. The number of carbonyl (C=O) groups excluding carboxylic acids is 2. The maximum atomic E-state index is 12.8. The minimum absolute atomic E-state index is 0.154. The number of amides is 1. The van der Waals surface area contributed by atoms with E-state index >= 15 is 0 Å². The van der Waals surface area contributed by atoms with Crippen LogP contribution in [0.15, 0.2) is 59.8 Å². The van der Waals surface area contributed by atoms with Gasteiger partial charge in [0.2, 0.25) is 0 Å². The lowest BCUT2D eigenvalue weighted by molar-refractivity contribution is -0.139. The molecule has 0 aromatic heterocycles. The normalized spacial score (nSPS) is 15.5. The molecule has 1 atom stereocenters. The first-order valence-electron chi connectivity index (χ1n) is 12.9. The first kappa shape index (κ1) is 27.4. The van der Waals surface area contributed by atoms with E-state index in [1.165, 1.54) is 31.2 Å². The predicted octanol–water partition coefficient (Wildman–Crippen LogP) is 6.15. The Balaban J connectivity index is 1.70. The molecule has 1 heterocycles. The molecule has 0 radical (unpaired) electrons. The molecule has 7 heteroatoms. The smallest absolute Gasteiger partial charge is 0.338 e.